The van der Waals surface area contributed by atoms with Crippen LogP contribution >= 0.6 is 23.2 Å². The van der Waals surface area contributed by atoms with Gasteiger partial charge in [-0.25, -0.2) is 8.42 Å². The lowest BCUT2D eigenvalue weighted by molar-refractivity contribution is -0.139. The average Bonchev–Trinajstić information content (AvgIpc) is 2.91. The number of hydrogen-bond donors (Lipinski definition) is 1. The fourth-order valence-corrected chi connectivity index (χ4v) is 5.83. The highest BCUT2D eigenvalue weighted by molar-refractivity contribution is 7.92. The molecule has 1 atom stereocenters. The Morgan fingerprint density at radius 1 is 1.00 bits per heavy atom. The van der Waals surface area contributed by atoms with E-state index >= 15 is 0 Å². The zero-order valence-electron chi connectivity index (χ0n) is 21.4. The molecule has 0 aliphatic heterocycles. The number of methoxy groups -OCH3 is 1. The Hall–Kier alpha value is -3.27. The molecule has 38 heavy (non-hydrogen) atoms. The summed E-state index contributed by atoms with van der Waals surface area (Å²) in [5, 5.41) is 3.16. The Kier molecular flexibility index (Phi) is 9.65. The molecule has 202 valence electrons. The number of hydrogen-bond acceptors (Lipinski definition) is 5. The Morgan fingerprint density at radius 3 is 2.21 bits per heavy atom. The van der Waals surface area contributed by atoms with E-state index in [0.29, 0.717) is 15.6 Å². The van der Waals surface area contributed by atoms with Crippen LogP contribution < -0.4 is 14.4 Å². The van der Waals surface area contributed by atoms with E-state index in [4.69, 9.17) is 27.9 Å². The van der Waals surface area contributed by atoms with Crippen LogP contribution in [-0.2, 0) is 26.2 Å². The second-order valence-electron chi connectivity index (χ2n) is 8.51. The van der Waals surface area contributed by atoms with Crippen molar-refractivity contribution in [3.8, 4) is 5.75 Å². The van der Waals surface area contributed by atoms with E-state index in [2.05, 4.69) is 5.32 Å². The molecule has 0 unspecified atom stereocenters. The summed E-state index contributed by atoms with van der Waals surface area (Å²) < 4.78 is 34.2. The third-order valence-electron chi connectivity index (χ3n) is 6.02. The van der Waals surface area contributed by atoms with Crippen molar-refractivity contribution in [2.24, 2.45) is 0 Å². The number of aryl methyl sites for hydroxylation is 1. The van der Waals surface area contributed by atoms with Crippen molar-refractivity contribution >= 4 is 50.7 Å². The second-order valence-corrected chi connectivity index (χ2v) is 11.2. The summed E-state index contributed by atoms with van der Waals surface area (Å²) in [5.74, 6) is -0.810. The maximum Gasteiger partial charge on any atom is 0.264 e. The van der Waals surface area contributed by atoms with Gasteiger partial charge in [-0.1, -0.05) is 53.5 Å². The predicted octanol–water partition coefficient (Wildman–Crippen LogP) is 4.67. The number of amides is 2. The third-order valence-corrected chi connectivity index (χ3v) is 8.50. The molecule has 2 amide bonds. The van der Waals surface area contributed by atoms with E-state index in [0.717, 1.165) is 9.87 Å². The predicted molar refractivity (Wildman–Crippen MR) is 149 cm³/mol. The number of nitrogens with one attached hydrogen (secondary N) is 1. The smallest absolute Gasteiger partial charge is 0.264 e. The summed E-state index contributed by atoms with van der Waals surface area (Å²) in [5.41, 5.74) is 1.39. The van der Waals surface area contributed by atoms with Gasteiger partial charge in [0.05, 0.1) is 17.7 Å². The Labute approximate surface area is 233 Å². The second kappa shape index (κ2) is 12.5. The quantitative estimate of drug-likeness (QED) is 0.378. The molecule has 0 bridgehead atoms. The Bertz CT molecular complexity index is 1400. The SMILES string of the molecule is CNC(=O)[C@H](C)N(Cc1c(Cl)cccc1Cl)C(=O)CN(c1cc(C)ccc1OC)S(=O)(=O)c1ccccc1. The van der Waals surface area contributed by atoms with Crippen LogP contribution in [-0.4, -0.2) is 51.9 Å². The Morgan fingerprint density at radius 2 is 1.63 bits per heavy atom. The molecule has 0 aliphatic rings. The highest BCUT2D eigenvalue weighted by Gasteiger charge is 2.34. The number of carbonyl (C=O) groups is 2. The number of sulfonamides is 1. The summed E-state index contributed by atoms with van der Waals surface area (Å²) in [7, 11) is -1.35. The van der Waals surface area contributed by atoms with Crippen molar-refractivity contribution in [3.63, 3.8) is 0 Å². The van der Waals surface area contributed by atoms with Crippen LogP contribution in [0.3, 0.4) is 0 Å². The lowest BCUT2D eigenvalue weighted by Gasteiger charge is -2.32. The molecule has 8 nitrogen and oxygen atoms in total. The van der Waals surface area contributed by atoms with Gasteiger partial charge in [-0.3, -0.25) is 13.9 Å². The van der Waals surface area contributed by atoms with Gasteiger partial charge in [0.2, 0.25) is 11.8 Å². The molecule has 0 aromatic heterocycles. The minimum atomic E-state index is -4.22. The number of nitrogens with zero attached hydrogens (tertiary/aromatic N) is 2. The zero-order valence-corrected chi connectivity index (χ0v) is 23.8. The maximum absolute atomic E-state index is 13.9. The number of anilines is 1. The van der Waals surface area contributed by atoms with Crippen LogP contribution in [0.5, 0.6) is 5.75 Å². The van der Waals surface area contributed by atoms with E-state index in [1.54, 1.807) is 68.4 Å². The van der Waals surface area contributed by atoms with Crippen molar-refractivity contribution in [3.05, 3.63) is 87.9 Å². The summed E-state index contributed by atoms with van der Waals surface area (Å²) >= 11 is 12.7. The lowest BCUT2D eigenvalue weighted by Crippen LogP contribution is -2.50. The first-order chi connectivity index (χ1) is 18.0. The summed E-state index contributed by atoms with van der Waals surface area (Å²) in [6.45, 7) is 2.62. The van der Waals surface area contributed by atoms with E-state index in [1.165, 1.54) is 31.2 Å². The van der Waals surface area contributed by atoms with Gasteiger partial charge in [0.1, 0.15) is 18.3 Å². The van der Waals surface area contributed by atoms with Gasteiger partial charge in [-0.05, 0) is 55.8 Å². The molecule has 0 spiro atoms. The van der Waals surface area contributed by atoms with Gasteiger partial charge >= 0.3 is 0 Å². The number of halogens is 2. The van der Waals surface area contributed by atoms with Crippen LogP contribution in [0.25, 0.3) is 0 Å². The van der Waals surface area contributed by atoms with Gasteiger partial charge in [-0.2, -0.15) is 0 Å². The first kappa shape index (κ1) is 29.3. The zero-order chi connectivity index (χ0) is 28.0. The summed E-state index contributed by atoms with van der Waals surface area (Å²) in [6.07, 6.45) is 0. The van der Waals surface area contributed by atoms with Gasteiger partial charge in [0, 0.05) is 29.2 Å². The lowest BCUT2D eigenvalue weighted by atomic mass is 10.1. The first-order valence-electron chi connectivity index (χ1n) is 11.7. The van der Waals surface area contributed by atoms with Crippen molar-refractivity contribution < 1.29 is 22.7 Å². The highest BCUT2D eigenvalue weighted by Crippen LogP contribution is 2.34. The molecule has 1 N–H and O–H groups in total. The normalized spacial score (nSPS) is 11.9. The topological polar surface area (TPSA) is 96.0 Å². The van der Waals surface area contributed by atoms with Gasteiger partial charge in [0.25, 0.3) is 10.0 Å². The van der Waals surface area contributed by atoms with Gasteiger partial charge in [0.15, 0.2) is 0 Å². The molecule has 0 saturated carbocycles. The van der Waals surface area contributed by atoms with Crippen LogP contribution in [0.15, 0.2) is 71.6 Å². The standard InChI is InChI=1S/C27H29Cl2N3O5S/c1-18-13-14-25(37-4)24(15-18)32(38(35,36)20-9-6-5-7-10-20)17-26(33)31(19(2)27(34)30-3)16-21-22(28)11-8-12-23(21)29/h5-15,19H,16-17H2,1-4H3,(H,30,34)/t19-/m0/s1. The van der Waals surface area contributed by atoms with Crippen LogP contribution in [0, 0.1) is 6.92 Å². The fraction of sp³-hybridized carbons (Fsp3) is 0.259. The summed E-state index contributed by atoms with van der Waals surface area (Å²) in [4.78, 5) is 27.8. The molecule has 3 rings (SSSR count). The van der Waals surface area contributed by atoms with E-state index in [-0.39, 0.29) is 22.9 Å². The molecule has 0 saturated heterocycles. The molecule has 3 aromatic carbocycles. The van der Waals surface area contributed by atoms with Crippen LogP contribution in [0.4, 0.5) is 5.69 Å². The minimum Gasteiger partial charge on any atom is -0.495 e. The van der Waals surface area contributed by atoms with Crippen LogP contribution in [0.1, 0.15) is 18.1 Å². The van der Waals surface area contributed by atoms with E-state index < -0.39 is 34.4 Å². The van der Waals surface area contributed by atoms with Gasteiger partial charge in [-0.15, -0.1) is 0 Å². The van der Waals surface area contributed by atoms with E-state index in [9.17, 15) is 18.0 Å². The third kappa shape index (κ3) is 6.40. The van der Waals surface area contributed by atoms with Crippen molar-refractivity contribution in [1.82, 2.24) is 10.2 Å². The summed E-state index contributed by atoms with van der Waals surface area (Å²) in [6, 6.07) is 16.8. The minimum absolute atomic E-state index is 0.00333. The van der Waals surface area contributed by atoms with Crippen molar-refractivity contribution in [1.29, 1.82) is 0 Å². The van der Waals surface area contributed by atoms with Crippen molar-refractivity contribution in [2.45, 2.75) is 31.3 Å². The number of ether oxygens (including phenoxy) is 1. The number of rotatable bonds is 10. The molecule has 0 radical (unpaired) electrons. The van der Waals surface area contributed by atoms with Crippen molar-refractivity contribution in [2.75, 3.05) is 25.0 Å². The maximum atomic E-state index is 13.9. The first-order valence-corrected chi connectivity index (χ1v) is 13.9. The number of benzene rings is 3. The molecule has 0 fully saturated rings. The molecule has 0 heterocycles. The molecule has 3 aromatic rings. The number of likely N-dealkylation sites (N-methyl/N-ethyl adjacent to an activating group) is 1. The highest BCUT2D eigenvalue weighted by atomic mass is 35.5. The molecule has 11 heteroatoms. The Balaban J connectivity index is 2.13. The fourth-order valence-electron chi connectivity index (χ4n) is 3.87. The molecular weight excluding hydrogens is 549 g/mol. The van der Waals surface area contributed by atoms with Crippen LogP contribution in [0.2, 0.25) is 10.0 Å². The largest absolute Gasteiger partial charge is 0.495 e. The average molecular weight is 579 g/mol. The molecule has 0 aliphatic carbocycles. The van der Waals surface area contributed by atoms with Gasteiger partial charge < -0.3 is 15.0 Å². The van der Waals surface area contributed by atoms with E-state index in [1.807, 2.05) is 0 Å². The molecular formula is C27H29Cl2N3O5S. The number of carbonyl (C=O) groups excluding carboxylic acids is 2. The monoisotopic (exact) mass is 577 g/mol.